The Balaban J connectivity index is 2.35. The van der Waals surface area contributed by atoms with E-state index in [-0.39, 0.29) is 12.5 Å². The molecule has 5 amide bonds. The first kappa shape index (κ1) is 29.6. The lowest BCUT2D eigenvalue weighted by molar-refractivity contribution is -0.176. The Morgan fingerprint density at radius 2 is 1.72 bits per heavy atom. The van der Waals surface area contributed by atoms with Crippen LogP contribution in [0.25, 0.3) is 0 Å². The van der Waals surface area contributed by atoms with Gasteiger partial charge in [-0.15, -0.1) is 0 Å². The molecular weight excluding hydrogens is 514 g/mol. The van der Waals surface area contributed by atoms with Crippen LogP contribution in [0.3, 0.4) is 0 Å². The number of likely N-dealkylation sites (tertiary alicyclic amines) is 1. The number of rotatable bonds is 7. The predicted octanol–water partition coefficient (Wildman–Crippen LogP) is 0.832. The summed E-state index contributed by atoms with van der Waals surface area (Å²) in [5, 5.41) is 2.20. The Labute approximate surface area is 210 Å². The zero-order valence-electron chi connectivity index (χ0n) is 20.4. The van der Waals surface area contributed by atoms with E-state index in [9.17, 15) is 41.5 Å². The number of hydrazine groups is 1. The van der Waals surface area contributed by atoms with Gasteiger partial charge in [-0.25, -0.2) is 9.40 Å². The third-order valence-corrected chi connectivity index (χ3v) is 6.87. The molecule has 1 saturated carbocycles. The van der Waals surface area contributed by atoms with Crippen molar-refractivity contribution in [3.05, 3.63) is 0 Å². The van der Waals surface area contributed by atoms with Gasteiger partial charge in [-0.05, 0) is 22.7 Å². The molecule has 0 aromatic heterocycles. The molecule has 0 unspecified atom stereocenters. The van der Waals surface area contributed by atoms with Gasteiger partial charge in [0.2, 0.25) is 11.8 Å². The number of nitrogens with zero attached hydrogens (tertiary/aromatic N) is 2. The van der Waals surface area contributed by atoms with Gasteiger partial charge in [0.05, 0.1) is 6.54 Å². The molecule has 2 fully saturated rings. The molecule has 4 N–H and O–H groups in total. The quantitative estimate of drug-likeness (QED) is 0.248. The minimum Gasteiger partial charge on any atom is -0.370 e. The van der Waals surface area contributed by atoms with E-state index in [0.29, 0.717) is 5.01 Å². The van der Waals surface area contributed by atoms with Crippen molar-refractivity contribution in [1.82, 2.24) is 20.7 Å². The first-order chi connectivity index (χ1) is 16.2. The van der Waals surface area contributed by atoms with Crippen LogP contribution in [-0.2, 0) is 24.0 Å². The van der Waals surface area contributed by atoms with E-state index in [1.807, 2.05) is 13.8 Å². The molecule has 1 aliphatic carbocycles. The summed E-state index contributed by atoms with van der Waals surface area (Å²) in [6, 6.07) is -2.88. The fourth-order valence-corrected chi connectivity index (χ4v) is 4.72. The van der Waals surface area contributed by atoms with E-state index in [1.165, 1.54) is 20.8 Å². The van der Waals surface area contributed by atoms with Crippen molar-refractivity contribution >= 4 is 41.1 Å². The minimum absolute atomic E-state index is 0.0134. The van der Waals surface area contributed by atoms with Crippen LogP contribution in [-0.4, -0.2) is 76.4 Å². The Kier molecular flexibility index (Phi) is 8.23. The molecule has 0 radical (unpaired) electrons. The van der Waals surface area contributed by atoms with Crippen molar-refractivity contribution < 1.29 is 41.5 Å². The van der Waals surface area contributed by atoms with Crippen molar-refractivity contribution in [2.24, 2.45) is 28.4 Å². The SMILES string of the molecule is CC(C)(C)[C@H](NC(=O)C(F)(F)F)C(=O)N1C[C@H]2[C@@H]([C@H]1C(=O)NN(CCC(N)=O)C(=O)[C@H](F)Cl)C2(C)C. The highest BCUT2D eigenvalue weighted by Gasteiger charge is 2.70. The standard InChI is InChI=1S/C21H30ClF4N5O5/c1-19(2,3)13(28-18(36)21(24,25)26)16(34)30-8-9-11(20(9,4)5)12(30)15(33)29-31(7-6-10(27)32)17(35)14(22)23/h9,11-14H,6-8H2,1-5H3,(H2,27,32)(H,28,36)(H,29,33)/t9-,11-,12-,13+,14-/m0/s1. The Hall–Kier alpha value is -2.64. The average Bonchev–Trinajstić information content (AvgIpc) is 3.07. The number of nitrogens with two attached hydrogens (primary N) is 1. The van der Waals surface area contributed by atoms with E-state index in [1.54, 1.807) is 5.32 Å². The first-order valence-corrected chi connectivity index (χ1v) is 11.5. The Bertz CT molecular complexity index is 937. The number of carbonyl (C=O) groups excluding carboxylic acids is 5. The second-order valence-corrected chi connectivity index (χ2v) is 11.0. The fourth-order valence-electron chi connectivity index (χ4n) is 4.60. The van der Waals surface area contributed by atoms with Gasteiger partial charge < -0.3 is 16.0 Å². The molecule has 1 heterocycles. The van der Waals surface area contributed by atoms with Crippen LogP contribution in [0.4, 0.5) is 17.6 Å². The van der Waals surface area contributed by atoms with Gasteiger partial charge in [0.25, 0.3) is 17.4 Å². The number of piperidine rings is 1. The van der Waals surface area contributed by atoms with Gasteiger partial charge >= 0.3 is 12.1 Å². The van der Waals surface area contributed by atoms with Gasteiger partial charge in [-0.1, -0.05) is 46.2 Å². The monoisotopic (exact) mass is 543 g/mol. The number of hydrogen-bond donors (Lipinski definition) is 3. The minimum atomic E-state index is -5.23. The number of alkyl halides is 5. The maximum atomic E-state index is 13.5. The van der Waals surface area contributed by atoms with Crippen molar-refractivity contribution in [3.63, 3.8) is 0 Å². The Morgan fingerprint density at radius 3 is 2.17 bits per heavy atom. The van der Waals surface area contributed by atoms with E-state index < -0.39 is 83.1 Å². The number of primary amides is 1. The van der Waals surface area contributed by atoms with Crippen LogP contribution < -0.4 is 16.5 Å². The molecule has 5 atom stereocenters. The summed E-state index contributed by atoms with van der Waals surface area (Å²) in [7, 11) is 0. The van der Waals surface area contributed by atoms with Crippen LogP contribution in [0.1, 0.15) is 41.0 Å². The van der Waals surface area contributed by atoms with Gasteiger partial charge in [-0.3, -0.25) is 29.4 Å². The number of amides is 5. The lowest BCUT2D eigenvalue weighted by atomic mass is 9.85. The summed E-state index contributed by atoms with van der Waals surface area (Å²) >= 11 is 5.20. The zero-order chi connectivity index (χ0) is 28.0. The number of carbonyl (C=O) groups is 5. The summed E-state index contributed by atoms with van der Waals surface area (Å²) in [6.45, 7) is 7.54. The zero-order valence-corrected chi connectivity index (χ0v) is 21.2. The molecule has 1 aliphatic heterocycles. The molecule has 204 valence electrons. The smallest absolute Gasteiger partial charge is 0.370 e. The summed E-state index contributed by atoms with van der Waals surface area (Å²) in [5.41, 5.74) is 3.10. The molecule has 15 heteroatoms. The van der Waals surface area contributed by atoms with E-state index in [4.69, 9.17) is 17.3 Å². The molecule has 2 rings (SSSR count). The topological polar surface area (TPSA) is 142 Å². The van der Waals surface area contributed by atoms with Crippen LogP contribution in [0, 0.1) is 22.7 Å². The maximum Gasteiger partial charge on any atom is 0.471 e. The fraction of sp³-hybridized carbons (Fsp3) is 0.762. The Morgan fingerprint density at radius 1 is 1.17 bits per heavy atom. The molecule has 10 nitrogen and oxygen atoms in total. The highest BCUT2D eigenvalue weighted by atomic mass is 35.5. The molecule has 2 aliphatic rings. The maximum absolute atomic E-state index is 13.5. The number of nitrogens with one attached hydrogen (secondary N) is 2. The van der Waals surface area contributed by atoms with Gasteiger partial charge in [-0.2, -0.15) is 13.2 Å². The van der Waals surface area contributed by atoms with Gasteiger partial charge in [0, 0.05) is 13.0 Å². The van der Waals surface area contributed by atoms with Gasteiger partial charge in [0.1, 0.15) is 12.1 Å². The average molecular weight is 544 g/mol. The lowest BCUT2D eigenvalue weighted by Gasteiger charge is -2.38. The number of fused-ring (bicyclic) bond motifs is 1. The van der Waals surface area contributed by atoms with E-state index >= 15 is 0 Å². The van der Waals surface area contributed by atoms with Crippen LogP contribution in [0.15, 0.2) is 0 Å². The number of hydrogen-bond acceptors (Lipinski definition) is 5. The lowest BCUT2D eigenvalue weighted by Crippen LogP contribution is -2.62. The van der Waals surface area contributed by atoms with Crippen molar-refractivity contribution in [1.29, 1.82) is 0 Å². The third kappa shape index (κ3) is 6.19. The van der Waals surface area contributed by atoms with Crippen molar-refractivity contribution in [2.75, 3.05) is 13.1 Å². The molecule has 1 saturated heterocycles. The summed E-state index contributed by atoms with van der Waals surface area (Å²) in [4.78, 5) is 62.6. The first-order valence-electron chi connectivity index (χ1n) is 11.1. The molecule has 0 spiro atoms. The highest BCUT2D eigenvalue weighted by molar-refractivity contribution is 6.29. The molecule has 0 bridgehead atoms. The van der Waals surface area contributed by atoms with E-state index in [2.05, 4.69) is 5.43 Å². The largest absolute Gasteiger partial charge is 0.471 e. The predicted molar refractivity (Wildman–Crippen MR) is 118 cm³/mol. The second kappa shape index (κ2) is 10.0. The molecule has 0 aromatic rings. The van der Waals surface area contributed by atoms with Crippen molar-refractivity contribution in [2.45, 2.75) is 64.9 Å². The second-order valence-electron chi connectivity index (χ2n) is 10.6. The normalized spacial score (nSPS) is 24.3. The molecular formula is C21H30ClF4N5O5. The summed E-state index contributed by atoms with van der Waals surface area (Å²) in [5.74, 6) is -6.98. The number of halogens is 5. The van der Waals surface area contributed by atoms with Crippen LogP contribution in [0.5, 0.6) is 0 Å². The highest BCUT2D eigenvalue weighted by Crippen LogP contribution is 2.65. The van der Waals surface area contributed by atoms with Gasteiger partial charge in [0.15, 0.2) is 0 Å². The van der Waals surface area contributed by atoms with Crippen LogP contribution >= 0.6 is 11.6 Å². The van der Waals surface area contributed by atoms with Crippen molar-refractivity contribution in [3.8, 4) is 0 Å². The molecule has 36 heavy (non-hydrogen) atoms. The van der Waals surface area contributed by atoms with E-state index in [0.717, 1.165) is 4.90 Å². The third-order valence-electron chi connectivity index (χ3n) is 6.69. The summed E-state index contributed by atoms with van der Waals surface area (Å²) in [6.07, 6.45) is -5.67. The summed E-state index contributed by atoms with van der Waals surface area (Å²) < 4.78 is 52.2. The van der Waals surface area contributed by atoms with Crippen LogP contribution in [0.2, 0.25) is 0 Å². The molecule has 0 aromatic carbocycles.